The van der Waals surface area contributed by atoms with E-state index in [0.29, 0.717) is 6.54 Å². The maximum Gasteiger partial charge on any atom is 0.150 e. The van der Waals surface area contributed by atoms with Crippen molar-refractivity contribution in [3.05, 3.63) is 78.4 Å². The van der Waals surface area contributed by atoms with Gasteiger partial charge in [0.1, 0.15) is 17.2 Å². The lowest BCUT2D eigenvalue weighted by Gasteiger charge is -2.14. The summed E-state index contributed by atoms with van der Waals surface area (Å²) in [5.74, 6) is 3.16. The van der Waals surface area contributed by atoms with Crippen LogP contribution in [0.4, 0.5) is 5.69 Å². The third-order valence-electron chi connectivity index (χ3n) is 3.80. The molecule has 0 aliphatic rings. The summed E-state index contributed by atoms with van der Waals surface area (Å²) in [6.45, 7) is 0.669. The van der Waals surface area contributed by atoms with Gasteiger partial charge >= 0.3 is 0 Å². The highest BCUT2D eigenvalue weighted by Crippen LogP contribution is 2.33. The molecule has 0 bridgehead atoms. The largest absolute Gasteiger partial charge is 0.497 e. The minimum atomic E-state index is 0.669. The topological polar surface area (TPSA) is 39.7 Å². The molecule has 128 valence electrons. The van der Waals surface area contributed by atoms with E-state index in [9.17, 15) is 0 Å². The SMILES string of the molecule is COc1ccc(CNc2cc(OC)ccc2Oc2ccccc2)cc1. The van der Waals surface area contributed by atoms with E-state index in [1.807, 2.05) is 72.8 Å². The zero-order valence-corrected chi connectivity index (χ0v) is 14.4. The lowest BCUT2D eigenvalue weighted by molar-refractivity contribution is 0.413. The number of anilines is 1. The van der Waals surface area contributed by atoms with Crippen molar-refractivity contribution < 1.29 is 14.2 Å². The number of para-hydroxylation sites is 1. The smallest absolute Gasteiger partial charge is 0.150 e. The van der Waals surface area contributed by atoms with Crippen LogP contribution < -0.4 is 19.5 Å². The van der Waals surface area contributed by atoms with Gasteiger partial charge < -0.3 is 19.5 Å². The Kier molecular flexibility index (Phi) is 5.42. The fourth-order valence-corrected chi connectivity index (χ4v) is 2.42. The van der Waals surface area contributed by atoms with Crippen LogP contribution in [0.5, 0.6) is 23.0 Å². The molecule has 4 nitrogen and oxygen atoms in total. The van der Waals surface area contributed by atoms with Crippen LogP contribution in [0.3, 0.4) is 0 Å². The standard InChI is InChI=1S/C21H21NO3/c1-23-17-10-8-16(9-11-17)15-22-20-14-19(24-2)12-13-21(20)25-18-6-4-3-5-7-18/h3-14,22H,15H2,1-2H3. The molecule has 0 unspecified atom stereocenters. The van der Waals surface area contributed by atoms with Gasteiger partial charge in [-0.15, -0.1) is 0 Å². The molecule has 3 aromatic carbocycles. The predicted octanol–water partition coefficient (Wildman–Crippen LogP) is 5.11. The molecule has 0 fully saturated rings. The molecule has 0 radical (unpaired) electrons. The van der Waals surface area contributed by atoms with Gasteiger partial charge in [-0.05, 0) is 42.0 Å². The zero-order chi connectivity index (χ0) is 17.5. The van der Waals surface area contributed by atoms with Crippen molar-refractivity contribution in [3.8, 4) is 23.0 Å². The summed E-state index contributed by atoms with van der Waals surface area (Å²) in [6.07, 6.45) is 0. The van der Waals surface area contributed by atoms with Crippen LogP contribution in [0.15, 0.2) is 72.8 Å². The van der Waals surface area contributed by atoms with Crippen molar-refractivity contribution in [2.24, 2.45) is 0 Å². The number of hydrogen-bond acceptors (Lipinski definition) is 4. The highest BCUT2D eigenvalue weighted by molar-refractivity contribution is 5.61. The predicted molar refractivity (Wildman–Crippen MR) is 99.8 cm³/mol. The lowest BCUT2D eigenvalue weighted by Crippen LogP contribution is -2.01. The first-order chi connectivity index (χ1) is 12.3. The number of methoxy groups -OCH3 is 2. The van der Waals surface area contributed by atoms with Crippen LogP contribution in [-0.4, -0.2) is 14.2 Å². The van der Waals surface area contributed by atoms with Gasteiger partial charge in [-0.3, -0.25) is 0 Å². The number of nitrogens with one attached hydrogen (secondary N) is 1. The van der Waals surface area contributed by atoms with Gasteiger partial charge in [-0.2, -0.15) is 0 Å². The molecule has 4 heteroatoms. The van der Waals surface area contributed by atoms with E-state index in [4.69, 9.17) is 14.2 Å². The van der Waals surface area contributed by atoms with Crippen LogP contribution >= 0.6 is 0 Å². The van der Waals surface area contributed by atoms with Crippen LogP contribution in [0, 0.1) is 0 Å². The molecular formula is C21H21NO3. The molecule has 0 saturated carbocycles. The van der Waals surface area contributed by atoms with Crippen molar-refractivity contribution >= 4 is 5.69 Å². The summed E-state index contributed by atoms with van der Waals surface area (Å²) in [5.41, 5.74) is 2.02. The van der Waals surface area contributed by atoms with Gasteiger partial charge in [0.2, 0.25) is 0 Å². The Bertz CT molecular complexity index is 801. The molecular weight excluding hydrogens is 314 g/mol. The second kappa shape index (κ2) is 8.11. The van der Waals surface area contributed by atoms with Crippen molar-refractivity contribution in [2.75, 3.05) is 19.5 Å². The Morgan fingerprint density at radius 1 is 0.720 bits per heavy atom. The van der Waals surface area contributed by atoms with E-state index in [-0.39, 0.29) is 0 Å². The Morgan fingerprint density at radius 2 is 1.40 bits per heavy atom. The molecule has 0 amide bonds. The maximum atomic E-state index is 6.00. The van der Waals surface area contributed by atoms with E-state index in [2.05, 4.69) is 5.32 Å². The van der Waals surface area contributed by atoms with E-state index in [1.165, 1.54) is 0 Å². The summed E-state index contributed by atoms with van der Waals surface area (Å²) in [5, 5.41) is 3.42. The number of rotatable bonds is 7. The number of hydrogen-bond donors (Lipinski definition) is 1. The van der Waals surface area contributed by atoms with E-state index in [1.54, 1.807) is 14.2 Å². The third-order valence-corrected chi connectivity index (χ3v) is 3.80. The zero-order valence-electron chi connectivity index (χ0n) is 14.4. The normalized spacial score (nSPS) is 10.2. The Hall–Kier alpha value is -3.14. The molecule has 0 heterocycles. The second-order valence-electron chi connectivity index (χ2n) is 5.48. The summed E-state index contributed by atoms with van der Waals surface area (Å²) in [6, 6.07) is 23.4. The Balaban J connectivity index is 1.77. The van der Waals surface area contributed by atoms with Gasteiger partial charge in [-0.1, -0.05) is 30.3 Å². The monoisotopic (exact) mass is 335 g/mol. The number of benzene rings is 3. The van der Waals surface area contributed by atoms with Gasteiger partial charge in [0, 0.05) is 12.6 Å². The molecule has 0 aliphatic carbocycles. The molecule has 0 aromatic heterocycles. The second-order valence-corrected chi connectivity index (χ2v) is 5.48. The molecule has 1 N–H and O–H groups in total. The maximum absolute atomic E-state index is 6.00. The van der Waals surface area contributed by atoms with Gasteiger partial charge in [-0.25, -0.2) is 0 Å². The van der Waals surface area contributed by atoms with Crippen LogP contribution in [0.2, 0.25) is 0 Å². The van der Waals surface area contributed by atoms with Crippen molar-refractivity contribution in [3.63, 3.8) is 0 Å². The van der Waals surface area contributed by atoms with E-state index >= 15 is 0 Å². The first-order valence-electron chi connectivity index (χ1n) is 8.06. The third kappa shape index (κ3) is 4.44. The average Bonchev–Trinajstić information content (AvgIpc) is 2.68. The Labute approximate surface area is 148 Å². The summed E-state index contributed by atoms with van der Waals surface area (Å²) in [7, 11) is 3.32. The van der Waals surface area contributed by atoms with Gasteiger partial charge in [0.05, 0.1) is 19.9 Å². The Morgan fingerprint density at radius 3 is 2.08 bits per heavy atom. The van der Waals surface area contributed by atoms with Crippen molar-refractivity contribution in [2.45, 2.75) is 6.54 Å². The van der Waals surface area contributed by atoms with E-state index in [0.717, 1.165) is 34.2 Å². The van der Waals surface area contributed by atoms with E-state index < -0.39 is 0 Å². The molecule has 0 saturated heterocycles. The quantitative estimate of drug-likeness (QED) is 0.651. The molecule has 25 heavy (non-hydrogen) atoms. The lowest BCUT2D eigenvalue weighted by atomic mass is 10.2. The fourth-order valence-electron chi connectivity index (χ4n) is 2.42. The average molecular weight is 335 g/mol. The van der Waals surface area contributed by atoms with Crippen molar-refractivity contribution in [1.29, 1.82) is 0 Å². The minimum absolute atomic E-state index is 0.669. The van der Waals surface area contributed by atoms with Crippen molar-refractivity contribution in [1.82, 2.24) is 0 Å². The molecule has 0 spiro atoms. The first kappa shape index (κ1) is 16.7. The highest BCUT2D eigenvalue weighted by Gasteiger charge is 2.07. The van der Waals surface area contributed by atoms with Gasteiger partial charge in [0.15, 0.2) is 5.75 Å². The molecule has 3 aromatic rings. The van der Waals surface area contributed by atoms with Gasteiger partial charge in [0.25, 0.3) is 0 Å². The highest BCUT2D eigenvalue weighted by atomic mass is 16.5. The molecule has 0 aliphatic heterocycles. The van der Waals surface area contributed by atoms with Crippen LogP contribution in [0.25, 0.3) is 0 Å². The first-order valence-corrected chi connectivity index (χ1v) is 8.06. The minimum Gasteiger partial charge on any atom is -0.497 e. The summed E-state index contributed by atoms with van der Waals surface area (Å²) in [4.78, 5) is 0. The summed E-state index contributed by atoms with van der Waals surface area (Å²) >= 11 is 0. The van der Waals surface area contributed by atoms with Crippen LogP contribution in [0.1, 0.15) is 5.56 Å². The fraction of sp³-hybridized carbons (Fsp3) is 0.143. The number of ether oxygens (including phenoxy) is 3. The molecule has 0 atom stereocenters. The van der Waals surface area contributed by atoms with Crippen LogP contribution in [-0.2, 0) is 6.54 Å². The summed E-state index contributed by atoms with van der Waals surface area (Å²) < 4.78 is 16.5. The molecule has 3 rings (SSSR count).